The van der Waals surface area contributed by atoms with E-state index in [-0.39, 0.29) is 23.8 Å². The first-order chi connectivity index (χ1) is 7.49. The fourth-order valence-corrected chi connectivity index (χ4v) is 2.04. The maximum Gasteiger partial charge on any atom is 0.244 e. The highest BCUT2D eigenvalue weighted by molar-refractivity contribution is 5.88. The van der Waals surface area contributed by atoms with Crippen molar-refractivity contribution in [2.45, 2.75) is 39.2 Å². The standard InChI is InChI=1S/C12H22N2O2/c1-5-9(2)11(15)14-8-6-7-10(14)12(16)13(3)4/h9-10H,5-8H2,1-4H3. The molecular weight excluding hydrogens is 204 g/mol. The van der Waals surface area contributed by atoms with Crippen LogP contribution >= 0.6 is 0 Å². The minimum absolute atomic E-state index is 0.0237. The highest BCUT2D eigenvalue weighted by Gasteiger charge is 2.35. The van der Waals surface area contributed by atoms with Gasteiger partial charge in [0.15, 0.2) is 0 Å². The first-order valence-corrected chi connectivity index (χ1v) is 6.00. The number of carbonyl (C=O) groups excluding carboxylic acids is 2. The second kappa shape index (κ2) is 5.32. The number of carbonyl (C=O) groups is 2. The molecule has 92 valence electrons. The van der Waals surface area contributed by atoms with Gasteiger partial charge in [0.05, 0.1) is 0 Å². The van der Waals surface area contributed by atoms with Crippen molar-refractivity contribution < 1.29 is 9.59 Å². The van der Waals surface area contributed by atoms with E-state index >= 15 is 0 Å². The minimum atomic E-state index is -0.225. The van der Waals surface area contributed by atoms with Crippen LogP contribution in [-0.2, 0) is 9.59 Å². The lowest BCUT2D eigenvalue weighted by atomic mass is 10.1. The molecule has 16 heavy (non-hydrogen) atoms. The number of amides is 2. The lowest BCUT2D eigenvalue weighted by Crippen LogP contribution is -2.47. The maximum absolute atomic E-state index is 12.1. The van der Waals surface area contributed by atoms with Crippen molar-refractivity contribution in [2.75, 3.05) is 20.6 Å². The van der Waals surface area contributed by atoms with Crippen molar-refractivity contribution in [3.63, 3.8) is 0 Å². The molecule has 0 aromatic carbocycles. The Morgan fingerprint density at radius 3 is 2.56 bits per heavy atom. The smallest absolute Gasteiger partial charge is 0.244 e. The first kappa shape index (κ1) is 13.0. The summed E-state index contributed by atoms with van der Waals surface area (Å²) in [5, 5.41) is 0. The molecule has 0 spiro atoms. The van der Waals surface area contributed by atoms with Gasteiger partial charge in [-0.2, -0.15) is 0 Å². The van der Waals surface area contributed by atoms with Crippen molar-refractivity contribution in [1.29, 1.82) is 0 Å². The number of nitrogens with zero attached hydrogens (tertiary/aromatic N) is 2. The summed E-state index contributed by atoms with van der Waals surface area (Å²) >= 11 is 0. The van der Waals surface area contributed by atoms with Gasteiger partial charge in [-0.15, -0.1) is 0 Å². The molecule has 0 aromatic heterocycles. The van der Waals surface area contributed by atoms with E-state index in [0.29, 0.717) is 0 Å². The van der Waals surface area contributed by atoms with Crippen molar-refractivity contribution in [3.05, 3.63) is 0 Å². The molecule has 4 heteroatoms. The zero-order valence-electron chi connectivity index (χ0n) is 10.7. The minimum Gasteiger partial charge on any atom is -0.347 e. The summed E-state index contributed by atoms with van der Waals surface area (Å²) in [5.41, 5.74) is 0. The summed E-state index contributed by atoms with van der Waals surface area (Å²) < 4.78 is 0. The fraction of sp³-hybridized carbons (Fsp3) is 0.833. The van der Waals surface area contributed by atoms with Crippen LogP contribution in [0.25, 0.3) is 0 Å². The third-order valence-corrected chi connectivity index (χ3v) is 3.30. The van der Waals surface area contributed by atoms with Gasteiger partial charge in [0, 0.05) is 26.6 Å². The predicted octanol–water partition coefficient (Wildman–Crippen LogP) is 1.11. The van der Waals surface area contributed by atoms with Crippen LogP contribution in [-0.4, -0.2) is 48.3 Å². The summed E-state index contributed by atoms with van der Waals surface area (Å²) in [5.74, 6) is 0.199. The lowest BCUT2D eigenvalue weighted by Gasteiger charge is -2.28. The Balaban J connectivity index is 2.73. The molecule has 1 fully saturated rings. The number of likely N-dealkylation sites (N-methyl/N-ethyl adjacent to an activating group) is 1. The van der Waals surface area contributed by atoms with Gasteiger partial charge in [-0.05, 0) is 19.3 Å². The molecule has 1 aliphatic rings. The van der Waals surface area contributed by atoms with Gasteiger partial charge in [-0.3, -0.25) is 9.59 Å². The molecule has 0 bridgehead atoms. The molecule has 0 radical (unpaired) electrons. The van der Waals surface area contributed by atoms with Gasteiger partial charge >= 0.3 is 0 Å². The average molecular weight is 226 g/mol. The van der Waals surface area contributed by atoms with Crippen molar-refractivity contribution >= 4 is 11.8 Å². The second-order valence-electron chi connectivity index (χ2n) is 4.73. The van der Waals surface area contributed by atoms with Crippen molar-refractivity contribution in [1.82, 2.24) is 9.80 Å². The largest absolute Gasteiger partial charge is 0.347 e. The predicted molar refractivity (Wildman–Crippen MR) is 62.9 cm³/mol. The van der Waals surface area contributed by atoms with Crippen molar-refractivity contribution in [3.8, 4) is 0 Å². The van der Waals surface area contributed by atoms with E-state index in [2.05, 4.69) is 0 Å². The monoisotopic (exact) mass is 226 g/mol. The van der Waals surface area contributed by atoms with E-state index in [1.807, 2.05) is 13.8 Å². The average Bonchev–Trinajstić information content (AvgIpc) is 2.74. The zero-order valence-corrected chi connectivity index (χ0v) is 10.7. The van der Waals surface area contributed by atoms with Crippen LogP contribution in [0.15, 0.2) is 0 Å². The molecule has 2 amide bonds. The maximum atomic E-state index is 12.1. The van der Waals surface area contributed by atoms with Crippen LogP contribution in [0.4, 0.5) is 0 Å². The van der Waals surface area contributed by atoms with Gasteiger partial charge in [-0.1, -0.05) is 13.8 Å². The number of hydrogen-bond donors (Lipinski definition) is 0. The molecule has 1 rings (SSSR count). The highest BCUT2D eigenvalue weighted by atomic mass is 16.2. The molecule has 0 aromatic rings. The fourth-order valence-electron chi connectivity index (χ4n) is 2.04. The number of rotatable bonds is 3. The quantitative estimate of drug-likeness (QED) is 0.723. The molecule has 4 nitrogen and oxygen atoms in total. The summed E-state index contributed by atoms with van der Waals surface area (Å²) in [7, 11) is 3.49. The van der Waals surface area contributed by atoms with E-state index in [0.717, 1.165) is 25.8 Å². The topological polar surface area (TPSA) is 40.6 Å². The zero-order chi connectivity index (χ0) is 12.3. The molecule has 0 saturated carbocycles. The van der Waals surface area contributed by atoms with Crippen LogP contribution in [0, 0.1) is 5.92 Å². The van der Waals surface area contributed by atoms with E-state index in [1.165, 1.54) is 0 Å². The number of hydrogen-bond acceptors (Lipinski definition) is 2. The van der Waals surface area contributed by atoms with E-state index in [4.69, 9.17) is 0 Å². The molecule has 2 unspecified atom stereocenters. The Labute approximate surface area is 97.6 Å². The highest BCUT2D eigenvalue weighted by Crippen LogP contribution is 2.21. The Kier molecular flexibility index (Phi) is 4.33. The molecule has 2 atom stereocenters. The molecule has 1 saturated heterocycles. The summed E-state index contributed by atoms with van der Waals surface area (Å²) in [6, 6.07) is -0.225. The molecule has 1 aliphatic heterocycles. The van der Waals surface area contributed by atoms with E-state index in [1.54, 1.807) is 23.9 Å². The third-order valence-electron chi connectivity index (χ3n) is 3.30. The summed E-state index contributed by atoms with van der Waals surface area (Å²) in [6.45, 7) is 4.66. The molecule has 0 aliphatic carbocycles. The Bertz CT molecular complexity index is 276. The normalized spacial score (nSPS) is 22.0. The Hall–Kier alpha value is -1.06. The number of likely N-dealkylation sites (tertiary alicyclic amines) is 1. The van der Waals surface area contributed by atoms with Crippen LogP contribution in [0.3, 0.4) is 0 Å². The van der Waals surface area contributed by atoms with Gasteiger partial charge in [0.1, 0.15) is 6.04 Å². The molecular formula is C12H22N2O2. The molecule has 0 N–H and O–H groups in total. The second-order valence-corrected chi connectivity index (χ2v) is 4.73. The Morgan fingerprint density at radius 2 is 2.06 bits per heavy atom. The first-order valence-electron chi connectivity index (χ1n) is 6.00. The van der Waals surface area contributed by atoms with Gasteiger partial charge < -0.3 is 9.80 Å². The van der Waals surface area contributed by atoms with Gasteiger partial charge in [0.25, 0.3) is 0 Å². The van der Waals surface area contributed by atoms with Crippen LogP contribution in [0.1, 0.15) is 33.1 Å². The molecule has 1 heterocycles. The van der Waals surface area contributed by atoms with Gasteiger partial charge in [0.2, 0.25) is 11.8 Å². The van der Waals surface area contributed by atoms with E-state index < -0.39 is 0 Å². The summed E-state index contributed by atoms with van der Waals surface area (Å²) in [4.78, 5) is 27.3. The van der Waals surface area contributed by atoms with Crippen LogP contribution in [0.2, 0.25) is 0 Å². The van der Waals surface area contributed by atoms with E-state index in [9.17, 15) is 9.59 Å². The van der Waals surface area contributed by atoms with Crippen LogP contribution < -0.4 is 0 Å². The lowest BCUT2D eigenvalue weighted by molar-refractivity contribution is -0.144. The van der Waals surface area contributed by atoms with Crippen LogP contribution in [0.5, 0.6) is 0 Å². The van der Waals surface area contributed by atoms with Crippen molar-refractivity contribution in [2.24, 2.45) is 5.92 Å². The summed E-state index contributed by atoms with van der Waals surface area (Å²) in [6.07, 6.45) is 2.57. The SMILES string of the molecule is CCC(C)C(=O)N1CCCC1C(=O)N(C)C. The van der Waals surface area contributed by atoms with Gasteiger partial charge in [-0.25, -0.2) is 0 Å². The third kappa shape index (κ3) is 2.54. The Morgan fingerprint density at radius 1 is 1.44 bits per heavy atom.